The Morgan fingerprint density at radius 2 is 1.67 bits per heavy atom. The van der Waals surface area contributed by atoms with Gasteiger partial charge in [0.1, 0.15) is 11.6 Å². The molecule has 30 heavy (non-hydrogen) atoms. The van der Waals surface area contributed by atoms with E-state index in [1.165, 1.54) is 6.07 Å². The second-order valence-electron chi connectivity index (χ2n) is 6.61. The molecule has 0 aliphatic rings. The van der Waals surface area contributed by atoms with Crippen LogP contribution in [0.15, 0.2) is 66.7 Å². The summed E-state index contributed by atoms with van der Waals surface area (Å²) in [5.41, 5.74) is 7.70. The van der Waals surface area contributed by atoms with Gasteiger partial charge in [0.15, 0.2) is 0 Å². The minimum Gasteiger partial charge on any atom is -0.506 e. The highest BCUT2D eigenvalue weighted by Crippen LogP contribution is 2.31. The number of para-hydroxylation sites is 1. The second-order valence-corrected chi connectivity index (χ2v) is 7.01. The lowest BCUT2D eigenvalue weighted by Crippen LogP contribution is -2.04. The summed E-state index contributed by atoms with van der Waals surface area (Å²) in [6, 6.07) is 17.7. The molecule has 4 N–H and O–H groups in total. The molecule has 4 rings (SSSR count). The molecule has 0 aliphatic heterocycles. The molecule has 8 heteroatoms. The van der Waals surface area contributed by atoms with Gasteiger partial charge in [0.2, 0.25) is 0 Å². The SMILES string of the molecule is Nc1ccc(CCc2nc3ccc(C(F)(F)F)cc3[nH]2)cc1.Oc1ccccc1Cl. The van der Waals surface area contributed by atoms with E-state index in [-0.39, 0.29) is 5.75 Å². The Morgan fingerprint density at radius 3 is 2.27 bits per heavy atom. The van der Waals surface area contributed by atoms with E-state index < -0.39 is 11.7 Å². The number of H-pyrrole nitrogens is 1. The van der Waals surface area contributed by atoms with E-state index in [1.807, 2.05) is 24.3 Å². The Labute approximate surface area is 176 Å². The number of halogens is 4. The second kappa shape index (κ2) is 9.09. The summed E-state index contributed by atoms with van der Waals surface area (Å²) >= 11 is 5.46. The number of nitrogens with zero attached hydrogens (tertiary/aromatic N) is 1. The fourth-order valence-electron chi connectivity index (χ4n) is 2.76. The number of phenols is 1. The van der Waals surface area contributed by atoms with Gasteiger partial charge in [-0.2, -0.15) is 13.2 Å². The Morgan fingerprint density at radius 1 is 0.967 bits per heavy atom. The summed E-state index contributed by atoms with van der Waals surface area (Å²) in [5.74, 6) is 0.806. The van der Waals surface area contributed by atoms with Crippen molar-refractivity contribution in [1.82, 2.24) is 9.97 Å². The smallest absolute Gasteiger partial charge is 0.416 e. The highest BCUT2D eigenvalue weighted by Gasteiger charge is 2.30. The number of imidazole rings is 1. The van der Waals surface area contributed by atoms with Crippen LogP contribution in [0, 0.1) is 0 Å². The Bertz CT molecular complexity index is 1100. The minimum atomic E-state index is -4.34. The standard InChI is InChI=1S/C16H14F3N3.C6H5ClO/c17-16(18,19)11-4-7-13-14(9-11)22-15(21-13)8-3-10-1-5-12(20)6-2-10;7-5-3-1-2-4-6(5)8/h1-2,4-7,9H,3,8,20H2,(H,21,22);1-4,8H. The molecule has 1 heterocycles. The van der Waals surface area contributed by atoms with E-state index >= 15 is 0 Å². The summed E-state index contributed by atoms with van der Waals surface area (Å²) in [4.78, 5) is 7.27. The molecule has 0 saturated heterocycles. The lowest BCUT2D eigenvalue weighted by atomic mass is 10.1. The minimum absolute atomic E-state index is 0.133. The van der Waals surface area contributed by atoms with Crippen molar-refractivity contribution in [3.8, 4) is 5.75 Å². The molecular formula is C22H19ClF3N3O. The Hall–Kier alpha value is -3.19. The van der Waals surface area contributed by atoms with Gasteiger partial charge in [0.05, 0.1) is 21.6 Å². The van der Waals surface area contributed by atoms with Crippen LogP contribution in [0.2, 0.25) is 5.02 Å². The lowest BCUT2D eigenvalue weighted by molar-refractivity contribution is -0.137. The third-order valence-electron chi connectivity index (χ3n) is 4.34. The van der Waals surface area contributed by atoms with Gasteiger partial charge in [-0.1, -0.05) is 35.9 Å². The largest absolute Gasteiger partial charge is 0.506 e. The van der Waals surface area contributed by atoms with Crippen molar-refractivity contribution in [3.63, 3.8) is 0 Å². The predicted molar refractivity (Wildman–Crippen MR) is 112 cm³/mol. The first kappa shape index (κ1) is 21.5. The fraction of sp³-hybridized carbons (Fsp3) is 0.136. The van der Waals surface area contributed by atoms with E-state index in [4.69, 9.17) is 22.4 Å². The van der Waals surface area contributed by atoms with Gasteiger partial charge >= 0.3 is 6.18 Å². The number of benzene rings is 3. The van der Waals surface area contributed by atoms with Crippen LogP contribution in [0.1, 0.15) is 17.0 Å². The molecule has 3 aromatic carbocycles. The number of fused-ring (bicyclic) bond motifs is 1. The number of hydrogen-bond donors (Lipinski definition) is 3. The molecule has 1 aromatic heterocycles. The highest BCUT2D eigenvalue weighted by molar-refractivity contribution is 6.31. The molecule has 0 amide bonds. The Balaban J connectivity index is 0.000000269. The molecule has 4 aromatic rings. The maximum absolute atomic E-state index is 12.7. The van der Waals surface area contributed by atoms with Crippen LogP contribution in [0.25, 0.3) is 11.0 Å². The maximum Gasteiger partial charge on any atom is 0.416 e. The van der Waals surface area contributed by atoms with Crippen LogP contribution in [-0.2, 0) is 19.0 Å². The number of nitrogen functional groups attached to an aromatic ring is 1. The van der Waals surface area contributed by atoms with E-state index in [2.05, 4.69) is 9.97 Å². The Kier molecular flexibility index (Phi) is 6.52. The number of rotatable bonds is 3. The number of aromatic hydroxyl groups is 1. The number of aromatic amines is 1. The van der Waals surface area contributed by atoms with Crippen LogP contribution < -0.4 is 5.73 Å². The molecule has 0 bridgehead atoms. The number of phenolic OH excluding ortho intramolecular Hbond substituents is 1. The van der Waals surface area contributed by atoms with E-state index in [9.17, 15) is 13.2 Å². The van der Waals surface area contributed by atoms with E-state index in [0.29, 0.717) is 34.0 Å². The number of anilines is 1. The zero-order valence-electron chi connectivity index (χ0n) is 15.7. The van der Waals surface area contributed by atoms with Gasteiger partial charge < -0.3 is 15.8 Å². The van der Waals surface area contributed by atoms with E-state index in [0.717, 1.165) is 24.1 Å². The normalized spacial score (nSPS) is 11.2. The molecule has 0 radical (unpaired) electrons. The molecule has 0 aliphatic carbocycles. The van der Waals surface area contributed by atoms with Crippen molar-refractivity contribution in [2.24, 2.45) is 0 Å². The van der Waals surface area contributed by atoms with Crippen molar-refractivity contribution < 1.29 is 18.3 Å². The predicted octanol–water partition coefficient (Wildman–Crippen LogP) is 5.99. The van der Waals surface area contributed by atoms with Gasteiger partial charge in [-0.05, 0) is 54.4 Å². The van der Waals surface area contributed by atoms with Crippen molar-refractivity contribution in [2.45, 2.75) is 19.0 Å². The van der Waals surface area contributed by atoms with Crippen molar-refractivity contribution in [1.29, 1.82) is 0 Å². The van der Waals surface area contributed by atoms with Crippen LogP contribution in [0.4, 0.5) is 18.9 Å². The van der Waals surface area contributed by atoms with Gasteiger partial charge in [-0.3, -0.25) is 0 Å². The molecule has 0 saturated carbocycles. The molecule has 4 nitrogen and oxygen atoms in total. The quantitative estimate of drug-likeness (QED) is 0.347. The number of nitrogens with two attached hydrogens (primary N) is 1. The first-order valence-corrected chi connectivity index (χ1v) is 9.44. The maximum atomic E-state index is 12.7. The van der Waals surface area contributed by atoms with Crippen LogP contribution in [0.3, 0.4) is 0 Å². The van der Waals surface area contributed by atoms with Gasteiger partial charge in [0, 0.05) is 12.1 Å². The first-order valence-electron chi connectivity index (χ1n) is 9.06. The average Bonchev–Trinajstić information content (AvgIpc) is 3.12. The number of hydrogen-bond acceptors (Lipinski definition) is 3. The third kappa shape index (κ3) is 5.67. The van der Waals surface area contributed by atoms with Crippen molar-refractivity contribution in [3.05, 3.63) is 88.7 Å². The summed E-state index contributed by atoms with van der Waals surface area (Å²) in [6.07, 6.45) is -2.98. The average molecular weight is 434 g/mol. The van der Waals surface area contributed by atoms with Crippen LogP contribution >= 0.6 is 11.6 Å². The number of aryl methyl sites for hydroxylation is 2. The lowest BCUT2D eigenvalue weighted by Gasteiger charge is -2.05. The van der Waals surface area contributed by atoms with Crippen molar-refractivity contribution in [2.75, 3.05) is 5.73 Å². The van der Waals surface area contributed by atoms with Crippen molar-refractivity contribution >= 4 is 28.3 Å². The summed E-state index contributed by atoms with van der Waals surface area (Å²) in [6.45, 7) is 0. The topological polar surface area (TPSA) is 74.9 Å². The van der Waals surface area contributed by atoms with Crippen LogP contribution in [-0.4, -0.2) is 15.1 Å². The fourth-order valence-corrected chi connectivity index (χ4v) is 2.89. The molecule has 0 spiro atoms. The zero-order valence-corrected chi connectivity index (χ0v) is 16.5. The highest BCUT2D eigenvalue weighted by atomic mass is 35.5. The molecule has 0 atom stereocenters. The van der Waals surface area contributed by atoms with Gasteiger partial charge in [-0.25, -0.2) is 4.98 Å². The van der Waals surface area contributed by atoms with E-state index in [1.54, 1.807) is 24.3 Å². The summed E-state index contributed by atoms with van der Waals surface area (Å²) < 4.78 is 38.0. The zero-order chi connectivity index (χ0) is 21.7. The molecule has 156 valence electrons. The molecule has 0 unspecified atom stereocenters. The monoisotopic (exact) mass is 433 g/mol. The van der Waals surface area contributed by atoms with Crippen LogP contribution in [0.5, 0.6) is 5.75 Å². The number of aromatic nitrogens is 2. The molecule has 0 fully saturated rings. The van der Waals surface area contributed by atoms with Gasteiger partial charge in [-0.15, -0.1) is 0 Å². The number of nitrogens with one attached hydrogen (secondary N) is 1. The third-order valence-corrected chi connectivity index (χ3v) is 4.66. The first-order chi connectivity index (χ1) is 14.2. The summed E-state index contributed by atoms with van der Waals surface area (Å²) in [7, 11) is 0. The number of alkyl halides is 3. The summed E-state index contributed by atoms with van der Waals surface area (Å²) in [5, 5.41) is 9.18. The molecular weight excluding hydrogens is 415 g/mol. The van der Waals surface area contributed by atoms with Gasteiger partial charge in [0.25, 0.3) is 0 Å².